The number of anilines is 1. The highest BCUT2D eigenvalue weighted by atomic mass is 127. The zero-order valence-corrected chi connectivity index (χ0v) is 15.8. The molecule has 1 aliphatic rings. The quantitative estimate of drug-likeness (QED) is 0.461. The summed E-state index contributed by atoms with van der Waals surface area (Å²) in [5.41, 5.74) is 8.05. The van der Waals surface area contributed by atoms with Gasteiger partial charge in [-0.05, 0) is 38.0 Å². The van der Waals surface area contributed by atoms with Crippen molar-refractivity contribution < 1.29 is 4.74 Å². The minimum Gasteiger partial charge on any atom is -0.378 e. The van der Waals surface area contributed by atoms with Crippen molar-refractivity contribution in [2.75, 3.05) is 12.4 Å². The van der Waals surface area contributed by atoms with E-state index >= 15 is 0 Å². The SMILES string of the molecule is COC1(C)CC(N=C(N)Nc2cccc(C)c2)C1(C)C.I. The van der Waals surface area contributed by atoms with E-state index in [-0.39, 0.29) is 41.0 Å². The van der Waals surface area contributed by atoms with Crippen LogP contribution in [-0.4, -0.2) is 24.7 Å². The van der Waals surface area contributed by atoms with E-state index < -0.39 is 0 Å². The number of ether oxygens (including phenoxy) is 1. The minimum atomic E-state index is -0.120. The molecule has 4 nitrogen and oxygen atoms in total. The molecule has 0 saturated heterocycles. The lowest BCUT2D eigenvalue weighted by Crippen LogP contribution is -2.62. The smallest absolute Gasteiger partial charge is 0.193 e. The van der Waals surface area contributed by atoms with E-state index in [9.17, 15) is 0 Å². The van der Waals surface area contributed by atoms with E-state index in [2.05, 4.69) is 44.1 Å². The molecule has 0 aromatic heterocycles. The van der Waals surface area contributed by atoms with Crippen molar-refractivity contribution in [1.29, 1.82) is 0 Å². The van der Waals surface area contributed by atoms with Crippen molar-refractivity contribution in [1.82, 2.24) is 0 Å². The molecule has 2 unspecified atom stereocenters. The number of rotatable bonds is 3. The van der Waals surface area contributed by atoms with E-state index in [1.165, 1.54) is 5.56 Å². The number of nitrogens with zero attached hydrogens (tertiary/aromatic N) is 1. The number of aryl methyl sites for hydroxylation is 1. The van der Waals surface area contributed by atoms with Gasteiger partial charge in [-0.15, -0.1) is 24.0 Å². The molecule has 2 atom stereocenters. The van der Waals surface area contributed by atoms with E-state index in [1.807, 2.05) is 18.2 Å². The fourth-order valence-electron chi connectivity index (χ4n) is 2.73. The Morgan fingerprint density at radius 3 is 2.57 bits per heavy atom. The molecule has 1 aromatic carbocycles. The lowest BCUT2D eigenvalue weighted by molar-refractivity contribution is -0.171. The maximum absolute atomic E-state index is 6.02. The van der Waals surface area contributed by atoms with Crippen LogP contribution in [0, 0.1) is 12.3 Å². The zero-order chi connectivity index (χ0) is 15.0. The molecule has 0 aliphatic heterocycles. The number of guanidine groups is 1. The average molecular weight is 403 g/mol. The molecule has 3 N–H and O–H groups in total. The summed E-state index contributed by atoms with van der Waals surface area (Å²) < 4.78 is 5.60. The molecular weight excluding hydrogens is 377 g/mol. The monoisotopic (exact) mass is 403 g/mol. The van der Waals surface area contributed by atoms with E-state index in [1.54, 1.807) is 7.11 Å². The third-order valence-electron chi connectivity index (χ3n) is 4.81. The van der Waals surface area contributed by atoms with Gasteiger partial charge < -0.3 is 15.8 Å². The van der Waals surface area contributed by atoms with E-state index in [0.717, 1.165) is 12.1 Å². The zero-order valence-electron chi connectivity index (χ0n) is 13.4. The first kappa shape index (κ1) is 18.2. The largest absolute Gasteiger partial charge is 0.378 e. The number of nitrogens with two attached hydrogens (primary N) is 1. The van der Waals surface area contributed by atoms with E-state index in [0.29, 0.717) is 5.96 Å². The molecule has 1 aliphatic carbocycles. The lowest BCUT2D eigenvalue weighted by atomic mass is 9.56. The molecular formula is C16H26IN3O. The molecule has 1 saturated carbocycles. The summed E-state index contributed by atoms with van der Waals surface area (Å²) in [5.74, 6) is 0.465. The summed E-state index contributed by atoms with van der Waals surface area (Å²) >= 11 is 0. The van der Waals surface area contributed by atoms with Crippen LogP contribution in [0.4, 0.5) is 5.69 Å². The highest BCUT2D eigenvalue weighted by molar-refractivity contribution is 14.0. The van der Waals surface area contributed by atoms with Crippen LogP contribution in [0.2, 0.25) is 0 Å². The third-order valence-corrected chi connectivity index (χ3v) is 4.81. The van der Waals surface area contributed by atoms with E-state index in [4.69, 9.17) is 10.5 Å². The standard InChI is InChI=1S/C16H25N3O.HI/c1-11-7-6-8-12(9-11)18-14(17)19-13-10-16(4,20-5)15(13,2)3;/h6-9,13H,10H2,1-5H3,(H3,17,18,19);1H. The lowest BCUT2D eigenvalue weighted by Gasteiger charge is -2.57. The first-order chi connectivity index (χ1) is 9.28. The molecule has 118 valence electrons. The highest BCUT2D eigenvalue weighted by Crippen LogP contribution is 2.53. The van der Waals surface area contributed by atoms with Gasteiger partial charge in [-0.1, -0.05) is 26.0 Å². The number of methoxy groups -OCH3 is 1. The van der Waals surface area contributed by atoms with Crippen LogP contribution in [0.1, 0.15) is 32.8 Å². The van der Waals surface area contributed by atoms with Crippen molar-refractivity contribution in [3.8, 4) is 0 Å². The van der Waals surface area contributed by atoms with Crippen LogP contribution in [0.25, 0.3) is 0 Å². The molecule has 2 rings (SSSR count). The summed E-state index contributed by atoms with van der Waals surface area (Å²) in [6, 6.07) is 8.27. The van der Waals surface area contributed by atoms with Gasteiger partial charge in [-0.25, -0.2) is 4.99 Å². The van der Waals surface area contributed by atoms with Gasteiger partial charge in [-0.2, -0.15) is 0 Å². The van der Waals surface area contributed by atoms with Crippen molar-refractivity contribution >= 4 is 35.6 Å². The van der Waals surface area contributed by atoms with Gasteiger partial charge >= 0.3 is 0 Å². The fourth-order valence-corrected chi connectivity index (χ4v) is 2.73. The van der Waals surface area contributed by atoms with Gasteiger partial charge in [0.15, 0.2) is 5.96 Å². The Hall–Kier alpha value is -0.820. The van der Waals surface area contributed by atoms with Gasteiger partial charge in [-0.3, -0.25) is 0 Å². The molecule has 0 bridgehead atoms. The number of hydrogen-bond acceptors (Lipinski definition) is 2. The Morgan fingerprint density at radius 2 is 2.05 bits per heavy atom. The molecule has 0 radical (unpaired) electrons. The predicted molar refractivity (Wildman–Crippen MR) is 99.4 cm³/mol. The number of benzene rings is 1. The number of aliphatic imine (C=N–C) groups is 1. The van der Waals surface area contributed by atoms with Crippen LogP contribution >= 0.6 is 24.0 Å². The maximum atomic E-state index is 6.02. The highest BCUT2D eigenvalue weighted by Gasteiger charge is 2.58. The Bertz CT molecular complexity index is 530. The summed E-state index contributed by atoms with van der Waals surface area (Å²) in [5, 5.41) is 3.15. The van der Waals surface area contributed by atoms with Crippen LogP contribution in [0.3, 0.4) is 0 Å². The summed E-state index contributed by atoms with van der Waals surface area (Å²) in [4.78, 5) is 4.61. The van der Waals surface area contributed by atoms with Gasteiger partial charge in [0.05, 0.1) is 11.6 Å². The second-order valence-electron chi connectivity index (χ2n) is 6.39. The number of halogens is 1. The Kier molecular flexibility index (Phi) is 5.66. The number of hydrogen-bond donors (Lipinski definition) is 2. The summed E-state index contributed by atoms with van der Waals surface area (Å²) in [6.07, 6.45) is 0.896. The molecule has 0 amide bonds. The maximum Gasteiger partial charge on any atom is 0.193 e. The molecule has 0 heterocycles. The Labute approximate surface area is 144 Å². The Morgan fingerprint density at radius 1 is 1.38 bits per heavy atom. The van der Waals surface area contributed by atoms with Crippen molar-refractivity contribution in [3.05, 3.63) is 29.8 Å². The molecule has 1 aromatic rings. The topological polar surface area (TPSA) is 59.6 Å². The number of nitrogens with one attached hydrogen (secondary N) is 1. The molecule has 0 spiro atoms. The third kappa shape index (κ3) is 3.51. The van der Waals surface area contributed by atoms with Crippen LogP contribution in [0.15, 0.2) is 29.3 Å². The van der Waals surface area contributed by atoms with Crippen molar-refractivity contribution in [2.24, 2.45) is 16.1 Å². The first-order valence-electron chi connectivity index (χ1n) is 7.00. The second kappa shape index (κ2) is 6.52. The molecule has 21 heavy (non-hydrogen) atoms. The first-order valence-corrected chi connectivity index (χ1v) is 7.00. The normalized spacial score (nSPS) is 27.5. The summed E-state index contributed by atoms with van der Waals surface area (Å²) in [7, 11) is 1.76. The summed E-state index contributed by atoms with van der Waals surface area (Å²) in [6.45, 7) is 8.53. The fraction of sp³-hybridized carbons (Fsp3) is 0.562. The van der Waals surface area contributed by atoms with Crippen LogP contribution in [-0.2, 0) is 4.74 Å². The second-order valence-corrected chi connectivity index (χ2v) is 6.39. The van der Waals surface area contributed by atoms with Crippen molar-refractivity contribution in [3.63, 3.8) is 0 Å². The van der Waals surface area contributed by atoms with Gasteiger partial charge in [0, 0.05) is 18.2 Å². The van der Waals surface area contributed by atoms with Crippen LogP contribution in [0.5, 0.6) is 0 Å². The van der Waals surface area contributed by atoms with Gasteiger partial charge in [0.2, 0.25) is 0 Å². The average Bonchev–Trinajstić information content (AvgIpc) is 2.37. The van der Waals surface area contributed by atoms with Crippen molar-refractivity contribution in [2.45, 2.75) is 45.8 Å². The Balaban J connectivity index is 0.00000220. The van der Waals surface area contributed by atoms with Crippen LogP contribution < -0.4 is 11.1 Å². The molecule has 1 fully saturated rings. The molecule has 5 heteroatoms. The predicted octanol–water partition coefficient (Wildman–Crippen LogP) is 3.54. The van der Waals surface area contributed by atoms with Gasteiger partial charge in [0.1, 0.15) is 0 Å². The minimum absolute atomic E-state index is 0. The van der Waals surface area contributed by atoms with Gasteiger partial charge in [0.25, 0.3) is 0 Å².